The summed E-state index contributed by atoms with van der Waals surface area (Å²) in [5.74, 6) is 1.13. The summed E-state index contributed by atoms with van der Waals surface area (Å²) >= 11 is 0. The highest BCUT2D eigenvalue weighted by Crippen LogP contribution is 2.59. The lowest BCUT2D eigenvalue weighted by molar-refractivity contribution is 0.428. The van der Waals surface area contributed by atoms with E-state index in [1.165, 1.54) is 0 Å². The molecule has 10 heavy (non-hydrogen) atoms. The van der Waals surface area contributed by atoms with Crippen LogP contribution in [0.4, 0.5) is 7.77 Å². The first-order chi connectivity index (χ1) is 4.51. The molecule has 0 bridgehead atoms. The van der Waals surface area contributed by atoms with Crippen molar-refractivity contribution in [3.8, 4) is 0 Å². The van der Waals surface area contributed by atoms with Gasteiger partial charge < -0.3 is 0 Å². The Balaban J connectivity index is 2.43. The zero-order valence-electron chi connectivity index (χ0n) is 6.44. The van der Waals surface area contributed by atoms with Gasteiger partial charge in [0, 0.05) is 11.5 Å². The Morgan fingerprint density at radius 2 is 2.00 bits per heavy atom. The second-order valence-corrected chi connectivity index (χ2v) is 5.50. The molecule has 0 saturated carbocycles. The van der Waals surface area contributed by atoms with Crippen molar-refractivity contribution in [1.29, 1.82) is 0 Å². The molecule has 1 saturated heterocycles. The molecule has 0 aromatic rings. The van der Waals surface area contributed by atoms with Gasteiger partial charge in [-0.1, -0.05) is 13.8 Å². The van der Waals surface area contributed by atoms with E-state index in [4.69, 9.17) is 0 Å². The van der Waals surface area contributed by atoms with Gasteiger partial charge in [0.15, 0.2) is 0 Å². The second kappa shape index (κ2) is 2.68. The summed E-state index contributed by atoms with van der Waals surface area (Å²) in [6.45, 7) is 4.07. The van der Waals surface area contributed by atoms with Crippen molar-refractivity contribution in [2.45, 2.75) is 20.3 Å². The van der Waals surface area contributed by atoms with Crippen LogP contribution in [-0.2, 0) is 0 Å². The van der Waals surface area contributed by atoms with Crippen LogP contribution in [0.15, 0.2) is 0 Å². The topological polar surface area (TPSA) is 0 Å². The molecule has 0 amide bonds. The molecule has 1 fully saturated rings. The molecule has 0 aromatic carbocycles. The summed E-state index contributed by atoms with van der Waals surface area (Å²) in [6.07, 6.45) is 0.750. The molecule has 0 radical (unpaired) electrons. The van der Waals surface area contributed by atoms with Crippen LogP contribution in [0.1, 0.15) is 20.3 Å². The molecule has 1 atom stereocenters. The van der Waals surface area contributed by atoms with E-state index in [0.29, 0.717) is 11.8 Å². The number of rotatable bonds is 1. The number of hydrogen-bond donors (Lipinski definition) is 0. The normalized spacial score (nSPS) is 34.7. The van der Waals surface area contributed by atoms with Gasteiger partial charge in [0.05, 0.1) is 10.8 Å². The van der Waals surface area contributed by atoms with Crippen molar-refractivity contribution < 1.29 is 7.77 Å². The maximum atomic E-state index is 12.6. The molecule has 1 aliphatic heterocycles. The summed E-state index contributed by atoms with van der Waals surface area (Å²) in [4.78, 5) is 0. The van der Waals surface area contributed by atoms with Crippen molar-refractivity contribution in [2.75, 3.05) is 11.5 Å². The second-order valence-electron chi connectivity index (χ2n) is 3.36. The summed E-state index contributed by atoms with van der Waals surface area (Å²) in [6, 6.07) is 0. The fourth-order valence-corrected chi connectivity index (χ4v) is 3.32. The quantitative estimate of drug-likeness (QED) is 0.564. The Bertz CT molecular complexity index is 123. The maximum absolute atomic E-state index is 12.6. The van der Waals surface area contributed by atoms with Gasteiger partial charge in [0.25, 0.3) is 0 Å². The van der Waals surface area contributed by atoms with E-state index in [2.05, 4.69) is 0 Å². The smallest absolute Gasteiger partial charge is 0.0576 e. The standard InChI is InChI=1S/C7H14F2S/c1-6(2)7-3-4-10(8,9)5-7/h6-7H,3-5H2,1-2H3. The van der Waals surface area contributed by atoms with Gasteiger partial charge in [-0.05, 0) is 18.3 Å². The fourth-order valence-electron chi connectivity index (χ4n) is 1.33. The fraction of sp³-hybridized carbons (Fsp3) is 1.00. The molecule has 1 rings (SSSR count). The van der Waals surface area contributed by atoms with Crippen molar-refractivity contribution in [3.05, 3.63) is 0 Å². The van der Waals surface area contributed by atoms with Crippen LogP contribution in [0.3, 0.4) is 0 Å². The van der Waals surface area contributed by atoms with Crippen molar-refractivity contribution >= 4 is 10.8 Å². The molecule has 0 spiro atoms. The molecule has 0 aliphatic carbocycles. The molecular weight excluding hydrogens is 154 g/mol. The van der Waals surface area contributed by atoms with Crippen LogP contribution >= 0.6 is 10.8 Å². The van der Waals surface area contributed by atoms with E-state index in [1.807, 2.05) is 13.8 Å². The van der Waals surface area contributed by atoms with Gasteiger partial charge in [0.2, 0.25) is 0 Å². The lowest BCUT2D eigenvalue weighted by atomic mass is 9.96. The third-order valence-corrected chi connectivity index (χ3v) is 3.94. The van der Waals surface area contributed by atoms with Crippen molar-refractivity contribution in [3.63, 3.8) is 0 Å². The number of hydrogen-bond acceptors (Lipinski definition) is 0. The SMILES string of the molecule is CC(C)C1CCS(F)(F)C1. The first-order valence-electron chi connectivity index (χ1n) is 3.69. The highest BCUT2D eigenvalue weighted by molar-refractivity contribution is 8.25. The highest BCUT2D eigenvalue weighted by atomic mass is 32.3. The molecule has 1 heterocycles. The molecule has 0 aromatic heterocycles. The van der Waals surface area contributed by atoms with Gasteiger partial charge in [-0.3, -0.25) is 0 Å². The average Bonchev–Trinajstić information content (AvgIpc) is 2.10. The van der Waals surface area contributed by atoms with E-state index >= 15 is 0 Å². The third kappa shape index (κ3) is 1.84. The average molecular weight is 168 g/mol. The Morgan fingerprint density at radius 1 is 1.40 bits per heavy atom. The molecule has 3 heteroatoms. The van der Waals surface area contributed by atoms with E-state index in [0.717, 1.165) is 6.42 Å². The summed E-state index contributed by atoms with van der Waals surface area (Å²) in [5.41, 5.74) is 0. The van der Waals surface area contributed by atoms with Crippen LogP contribution in [0.5, 0.6) is 0 Å². The maximum Gasteiger partial charge on any atom is 0.0576 e. The van der Waals surface area contributed by atoms with Crippen molar-refractivity contribution in [2.24, 2.45) is 11.8 Å². The van der Waals surface area contributed by atoms with E-state index in [-0.39, 0.29) is 11.5 Å². The van der Waals surface area contributed by atoms with Crippen LogP contribution < -0.4 is 0 Å². The van der Waals surface area contributed by atoms with Crippen LogP contribution in [0, 0.1) is 11.8 Å². The molecule has 1 aliphatic rings. The monoisotopic (exact) mass is 168 g/mol. The minimum atomic E-state index is -3.14. The summed E-state index contributed by atoms with van der Waals surface area (Å²) in [5, 5.41) is 0. The van der Waals surface area contributed by atoms with E-state index in [9.17, 15) is 7.77 Å². The Morgan fingerprint density at radius 3 is 2.20 bits per heavy atom. The van der Waals surface area contributed by atoms with Gasteiger partial charge in [0.1, 0.15) is 0 Å². The molecule has 0 N–H and O–H groups in total. The summed E-state index contributed by atoms with van der Waals surface area (Å²) < 4.78 is 25.3. The largest absolute Gasteiger partial charge is 0.158 e. The Labute approximate surface area is 62.9 Å². The highest BCUT2D eigenvalue weighted by Gasteiger charge is 2.35. The van der Waals surface area contributed by atoms with Crippen LogP contribution in [-0.4, -0.2) is 11.5 Å². The Kier molecular flexibility index (Phi) is 2.23. The van der Waals surface area contributed by atoms with Gasteiger partial charge in [-0.25, -0.2) is 0 Å². The molecule has 62 valence electrons. The van der Waals surface area contributed by atoms with Gasteiger partial charge >= 0.3 is 0 Å². The third-order valence-electron chi connectivity index (χ3n) is 2.19. The van der Waals surface area contributed by atoms with Gasteiger partial charge in [-0.2, -0.15) is 7.77 Å². The first-order valence-corrected chi connectivity index (χ1v) is 5.46. The van der Waals surface area contributed by atoms with E-state index < -0.39 is 10.8 Å². The molecule has 1 unspecified atom stereocenters. The first kappa shape index (κ1) is 8.31. The summed E-state index contributed by atoms with van der Waals surface area (Å²) in [7, 11) is -3.14. The minimum Gasteiger partial charge on any atom is -0.158 e. The predicted molar refractivity (Wildman–Crippen MR) is 42.5 cm³/mol. The van der Waals surface area contributed by atoms with Crippen LogP contribution in [0.2, 0.25) is 0 Å². The zero-order chi connectivity index (χ0) is 7.78. The van der Waals surface area contributed by atoms with E-state index in [1.54, 1.807) is 0 Å². The van der Waals surface area contributed by atoms with Crippen molar-refractivity contribution in [1.82, 2.24) is 0 Å². The predicted octanol–water partition coefficient (Wildman–Crippen LogP) is 3.24. The van der Waals surface area contributed by atoms with Gasteiger partial charge in [-0.15, -0.1) is 0 Å². The molecule has 0 nitrogen and oxygen atoms in total. The minimum absolute atomic E-state index is 0.190. The number of halogens is 2. The molecular formula is C7H14F2S. The zero-order valence-corrected chi connectivity index (χ0v) is 7.26. The Hall–Kier alpha value is 0.210. The van der Waals surface area contributed by atoms with Crippen LogP contribution in [0.25, 0.3) is 0 Å². The lowest BCUT2D eigenvalue weighted by Gasteiger charge is -2.15. The lowest BCUT2D eigenvalue weighted by Crippen LogP contribution is -2.06.